The van der Waals surface area contributed by atoms with E-state index in [9.17, 15) is 14.4 Å². The first-order chi connectivity index (χ1) is 16.0. The van der Waals surface area contributed by atoms with Crippen molar-refractivity contribution >= 4 is 45.9 Å². The van der Waals surface area contributed by atoms with Crippen molar-refractivity contribution in [1.29, 1.82) is 0 Å². The van der Waals surface area contributed by atoms with Crippen LogP contribution in [0.25, 0.3) is 10.8 Å². The fraction of sp³-hybridized carbons (Fsp3) is 0.240. The maximum atomic E-state index is 13.5. The summed E-state index contributed by atoms with van der Waals surface area (Å²) in [5.41, 5.74) is 0.584. The molecule has 0 N–H and O–H groups in total. The number of carbonyl (C=O) groups excluding carboxylic acids is 3. The van der Waals surface area contributed by atoms with Gasteiger partial charge in [0.25, 0.3) is 11.8 Å². The normalized spacial score (nSPS) is 23.5. The van der Waals surface area contributed by atoms with E-state index in [1.165, 1.54) is 4.90 Å². The highest BCUT2D eigenvalue weighted by Gasteiger charge is 2.62. The third kappa shape index (κ3) is 3.07. The van der Waals surface area contributed by atoms with Crippen LogP contribution in [-0.4, -0.2) is 58.9 Å². The molecule has 166 valence electrons. The van der Waals surface area contributed by atoms with E-state index in [1.54, 1.807) is 40.1 Å². The molecule has 3 fully saturated rings. The first-order valence-electron chi connectivity index (χ1n) is 10.8. The first-order valence-corrected chi connectivity index (χ1v) is 11.2. The first kappa shape index (κ1) is 20.1. The third-order valence-corrected chi connectivity index (χ3v) is 7.02. The van der Waals surface area contributed by atoms with Gasteiger partial charge in [0, 0.05) is 17.0 Å². The van der Waals surface area contributed by atoms with Crippen LogP contribution in [0.5, 0.6) is 5.75 Å². The predicted molar refractivity (Wildman–Crippen MR) is 123 cm³/mol. The standard InChI is InChI=1S/C25H20ClN3O4/c26-16-8-10-18(11-9-16)33-14-22(30)27-13-17-12-21(27)23-24(31)29(25(32)28(17)23)20-7-3-5-15-4-1-2-6-19(15)20/h1-11,17,21,23H,12-14H2/t17-,21?,23-/m1/s1. The van der Waals surface area contributed by atoms with E-state index in [0.29, 0.717) is 29.4 Å². The number of piperazine rings is 1. The number of anilines is 1. The largest absolute Gasteiger partial charge is 0.484 e. The van der Waals surface area contributed by atoms with Gasteiger partial charge < -0.3 is 14.5 Å². The molecular weight excluding hydrogens is 442 g/mol. The molecule has 1 unspecified atom stereocenters. The van der Waals surface area contributed by atoms with Gasteiger partial charge in [-0.15, -0.1) is 0 Å². The summed E-state index contributed by atoms with van der Waals surface area (Å²) in [4.78, 5) is 44.4. The number of fused-ring (bicyclic) bond motifs is 6. The van der Waals surface area contributed by atoms with Gasteiger partial charge in [-0.3, -0.25) is 9.59 Å². The lowest BCUT2D eigenvalue weighted by molar-refractivity contribution is -0.137. The van der Waals surface area contributed by atoms with Gasteiger partial charge in [0.05, 0.1) is 17.8 Å². The number of benzene rings is 3. The molecule has 33 heavy (non-hydrogen) atoms. The second-order valence-electron chi connectivity index (χ2n) is 8.55. The maximum Gasteiger partial charge on any atom is 0.332 e. The molecule has 0 radical (unpaired) electrons. The summed E-state index contributed by atoms with van der Waals surface area (Å²) in [6, 6.07) is 18.6. The Balaban J connectivity index is 1.23. The molecule has 3 atom stereocenters. The number of rotatable bonds is 4. The van der Waals surface area contributed by atoms with Crippen LogP contribution in [0.2, 0.25) is 5.02 Å². The Morgan fingerprint density at radius 3 is 2.58 bits per heavy atom. The molecule has 6 rings (SSSR count). The number of hydrogen-bond acceptors (Lipinski definition) is 4. The van der Waals surface area contributed by atoms with Crippen molar-refractivity contribution in [1.82, 2.24) is 9.80 Å². The molecule has 3 saturated heterocycles. The third-order valence-electron chi connectivity index (χ3n) is 6.77. The Morgan fingerprint density at radius 2 is 1.76 bits per heavy atom. The van der Waals surface area contributed by atoms with E-state index in [0.717, 1.165) is 10.8 Å². The molecule has 8 heteroatoms. The molecule has 0 spiro atoms. The summed E-state index contributed by atoms with van der Waals surface area (Å²) in [5, 5.41) is 2.40. The van der Waals surface area contributed by atoms with Gasteiger partial charge in [-0.1, -0.05) is 48.0 Å². The number of nitrogens with zero attached hydrogens (tertiary/aromatic N) is 3. The van der Waals surface area contributed by atoms with E-state index in [4.69, 9.17) is 16.3 Å². The SMILES string of the molecule is O=C1[C@H]2C3C[C@H](CN3C(=O)COc3ccc(Cl)cc3)N2C(=O)N1c1cccc2ccccc12. The van der Waals surface area contributed by atoms with Gasteiger partial charge in [-0.05, 0) is 42.1 Å². The van der Waals surface area contributed by atoms with Crippen LogP contribution in [0.1, 0.15) is 6.42 Å². The number of ether oxygens (including phenoxy) is 1. The number of amides is 4. The average molecular weight is 462 g/mol. The molecule has 3 heterocycles. The lowest BCUT2D eigenvalue weighted by Gasteiger charge is -2.34. The number of carbonyl (C=O) groups is 3. The van der Waals surface area contributed by atoms with Crippen LogP contribution in [-0.2, 0) is 9.59 Å². The summed E-state index contributed by atoms with van der Waals surface area (Å²) >= 11 is 5.89. The Hall–Kier alpha value is -3.58. The van der Waals surface area contributed by atoms with E-state index in [2.05, 4.69) is 0 Å². The monoisotopic (exact) mass is 461 g/mol. The van der Waals surface area contributed by atoms with Crippen molar-refractivity contribution in [2.24, 2.45) is 0 Å². The zero-order chi connectivity index (χ0) is 22.7. The molecule has 2 bridgehead atoms. The summed E-state index contributed by atoms with van der Waals surface area (Å²) in [7, 11) is 0. The maximum absolute atomic E-state index is 13.5. The minimum atomic E-state index is -0.658. The fourth-order valence-electron chi connectivity index (χ4n) is 5.33. The predicted octanol–water partition coefficient (Wildman–Crippen LogP) is 3.69. The molecule has 3 aliphatic rings. The summed E-state index contributed by atoms with van der Waals surface area (Å²) in [6.07, 6.45) is 0.609. The lowest BCUT2D eigenvalue weighted by Crippen LogP contribution is -2.55. The van der Waals surface area contributed by atoms with Crippen molar-refractivity contribution in [3.05, 3.63) is 71.8 Å². The van der Waals surface area contributed by atoms with E-state index >= 15 is 0 Å². The average Bonchev–Trinajstić information content (AvgIpc) is 3.49. The fourth-order valence-corrected chi connectivity index (χ4v) is 5.45. The van der Waals surface area contributed by atoms with E-state index < -0.39 is 6.04 Å². The van der Waals surface area contributed by atoms with Gasteiger partial charge in [-0.2, -0.15) is 0 Å². The molecule has 3 aromatic rings. The minimum Gasteiger partial charge on any atom is -0.484 e. The molecule has 7 nitrogen and oxygen atoms in total. The Bertz CT molecular complexity index is 1290. The van der Waals surface area contributed by atoms with Crippen molar-refractivity contribution in [3.63, 3.8) is 0 Å². The van der Waals surface area contributed by atoms with Gasteiger partial charge in [-0.25, -0.2) is 9.69 Å². The van der Waals surface area contributed by atoms with Gasteiger partial charge in [0.2, 0.25) is 0 Å². The highest BCUT2D eigenvalue weighted by Crippen LogP contribution is 2.43. The van der Waals surface area contributed by atoms with Crippen molar-refractivity contribution in [2.45, 2.75) is 24.5 Å². The topological polar surface area (TPSA) is 70.2 Å². The quantitative estimate of drug-likeness (QED) is 0.556. The molecular formula is C25H20ClN3O4. The van der Waals surface area contributed by atoms with E-state index in [-0.39, 0.29) is 36.5 Å². The molecule has 3 aromatic carbocycles. The van der Waals surface area contributed by atoms with Gasteiger partial charge >= 0.3 is 6.03 Å². The lowest BCUT2D eigenvalue weighted by atomic mass is 10.1. The van der Waals surface area contributed by atoms with E-state index in [1.807, 2.05) is 36.4 Å². The second kappa shape index (κ2) is 7.49. The van der Waals surface area contributed by atoms with Crippen LogP contribution in [0.3, 0.4) is 0 Å². The highest BCUT2D eigenvalue weighted by molar-refractivity contribution is 6.30. The Morgan fingerprint density at radius 1 is 1.00 bits per heavy atom. The number of urea groups is 1. The van der Waals surface area contributed by atoms with Crippen molar-refractivity contribution in [2.75, 3.05) is 18.1 Å². The molecule has 0 aliphatic carbocycles. The number of halogens is 1. The molecule has 0 aromatic heterocycles. The van der Waals surface area contributed by atoms with Crippen LogP contribution in [0, 0.1) is 0 Å². The summed E-state index contributed by atoms with van der Waals surface area (Å²) in [6.45, 7) is 0.277. The zero-order valence-corrected chi connectivity index (χ0v) is 18.3. The summed E-state index contributed by atoms with van der Waals surface area (Å²) < 4.78 is 5.62. The van der Waals surface area contributed by atoms with Gasteiger partial charge in [0.15, 0.2) is 6.61 Å². The van der Waals surface area contributed by atoms with Crippen LogP contribution in [0.15, 0.2) is 66.7 Å². The highest BCUT2D eigenvalue weighted by atomic mass is 35.5. The van der Waals surface area contributed by atoms with Crippen molar-refractivity contribution < 1.29 is 19.1 Å². The molecule has 3 aliphatic heterocycles. The number of likely N-dealkylation sites (tertiary alicyclic amines) is 1. The number of imide groups is 1. The molecule has 4 amide bonds. The van der Waals surface area contributed by atoms with Crippen LogP contribution < -0.4 is 9.64 Å². The minimum absolute atomic E-state index is 0.132. The smallest absolute Gasteiger partial charge is 0.332 e. The van der Waals surface area contributed by atoms with Crippen LogP contribution >= 0.6 is 11.6 Å². The summed E-state index contributed by atoms with van der Waals surface area (Å²) in [5.74, 6) is 0.0777. The number of hydrogen-bond donors (Lipinski definition) is 0. The second-order valence-corrected chi connectivity index (χ2v) is 8.99. The Labute approximate surface area is 195 Å². The van der Waals surface area contributed by atoms with Crippen LogP contribution in [0.4, 0.5) is 10.5 Å². The Kier molecular flexibility index (Phi) is 4.55. The zero-order valence-electron chi connectivity index (χ0n) is 17.6. The van der Waals surface area contributed by atoms with Crippen molar-refractivity contribution in [3.8, 4) is 5.75 Å². The van der Waals surface area contributed by atoms with Gasteiger partial charge in [0.1, 0.15) is 11.8 Å². The molecule has 0 saturated carbocycles.